The van der Waals surface area contributed by atoms with E-state index in [1.165, 1.54) is 12.8 Å². The highest BCUT2D eigenvalue weighted by Gasteiger charge is 2.52. The van der Waals surface area contributed by atoms with E-state index >= 15 is 0 Å². The van der Waals surface area contributed by atoms with Gasteiger partial charge >= 0.3 is 0 Å². The second kappa shape index (κ2) is 2.99. The van der Waals surface area contributed by atoms with Gasteiger partial charge in [0.2, 0.25) is 0 Å². The monoisotopic (exact) mass is 221 g/mol. The topological polar surface area (TPSA) is 53.5 Å². The summed E-state index contributed by atoms with van der Waals surface area (Å²) < 4.78 is 0. The predicted molar refractivity (Wildman–Crippen MR) is 62.1 cm³/mol. The van der Waals surface area contributed by atoms with Crippen molar-refractivity contribution in [3.05, 3.63) is 0 Å². The Morgan fingerprint density at radius 3 is 2.62 bits per heavy atom. The van der Waals surface area contributed by atoms with Crippen molar-refractivity contribution >= 4 is 11.9 Å². The standard InChI is InChI=1S/C12H19N3O/c1-11(2)5-6-12(7-11)9(16)14-10(15-12)13-8-3-4-8/h8H,3-7H2,1-2H3,(H2,13,14,15,16). The smallest absolute Gasteiger partial charge is 0.252 e. The van der Waals surface area contributed by atoms with Crippen LogP contribution in [0.1, 0.15) is 46.0 Å². The molecule has 0 aromatic carbocycles. The molecule has 3 fully saturated rings. The van der Waals surface area contributed by atoms with Crippen LogP contribution in [0.15, 0.2) is 4.99 Å². The van der Waals surface area contributed by atoms with Crippen LogP contribution in [0.5, 0.6) is 0 Å². The average molecular weight is 221 g/mol. The van der Waals surface area contributed by atoms with Crippen LogP contribution in [0.3, 0.4) is 0 Å². The second-order valence-corrected chi connectivity index (χ2v) is 6.21. The first-order valence-electron chi connectivity index (χ1n) is 6.17. The SMILES string of the molecule is CC1(C)CCC2(C1)NC(=NC1CC1)NC2=O. The molecule has 0 aromatic heterocycles. The third-order valence-electron chi connectivity index (χ3n) is 3.89. The predicted octanol–water partition coefficient (Wildman–Crippen LogP) is 1.17. The average Bonchev–Trinajstić information content (AvgIpc) is 2.85. The van der Waals surface area contributed by atoms with Gasteiger partial charge in [-0.15, -0.1) is 0 Å². The van der Waals surface area contributed by atoms with Crippen LogP contribution in [0.4, 0.5) is 0 Å². The van der Waals surface area contributed by atoms with E-state index in [0.717, 1.165) is 19.3 Å². The van der Waals surface area contributed by atoms with Gasteiger partial charge in [-0.05, 0) is 37.5 Å². The van der Waals surface area contributed by atoms with Crippen LogP contribution < -0.4 is 10.6 Å². The first-order chi connectivity index (χ1) is 7.49. The maximum atomic E-state index is 12.0. The largest absolute Gasteiger partial charge is 0.342 e. The fourth-order valence-electron chi connectivity index (χ4n) is 2.84. The Hall–Kier alpha value is -1.06. The van der Waals surface area contributed by atoms with Gasteiger partial charge in [0.05, 0.1) is 6.04 Å². The Balaban J connectivity index is 1.79. The highest BCUT2D eigenvalue weighted by molar-refractivity contribution is 6.09. The van der Waals surface area contributed by atoms with E-state index in [0.29, 0.717) is 12.0 Å². The van der Waals surface area contributed by atoms with Crippen molar-refractivity contribution < 1.29 is 4.79 Å². The summed E-state index contributed by atoms with van der Waals surface area (Å²) in [6.07, 6.45) is 5.27. The molecule has 0 bridgehead atoms. The van der Waals surface area contributed by atoms with Crippen molar-refractivity contribution in [1.29, 1.82) is 0 Å². The number of hydrogen-bond acceptors (Lipinski definition) is 2. The third-order valence-corrected chi connectivity index (χ3v) is 3.89. The molecule has 1 spiro atoms. The Kier molecular flexibility index (Phi) is 1.89. The lowest BCUT2D eigenvalue weighted by atomic mass is 9.88. The van der Waals surface area contributed by atoms with Gasteiger partial charge in [-0.3, -0.25) is 10.1 Å². The van der Waals surface area contributed by atoms with E-state index < -0.39 is 0 Å². The minimum absolute atomic E-state index is 0.123. The maximum Gasteiger partial charge on any atom is 0.252 e. The van der Waals surface area contributed by atoms with Crippen molar-refractivity contribution in [1.82, 2.24) is 10.6 Å². The van der Waals surface area contributed by atoms with E-state index in [-0.39, 0.29) is 16.9 Å². The quantitative estimate of drug-likeness (QED) is 0.698. The van der Waals surface area contributed by atoms with Gasteiger partial charge in [-0.2, -0.15) is 0 Å². The molecule has 1 atom stereocenters. The van der Waals surface area contributed by atoms with E-state index in [4.69, 9.17) is 0 Å². The third kappa shape index (κ3) is 1.60. The lowest BCUT2D eigenvalue weighted by molar-refractivity contribution is -0.124. The number of amides is 1. The highest BCUT2D eigenvalue weighted by atomic mass is 16.2. The lowest BCUT2D eigenvalue weighted by Crippen LogP contribution is -2.45. The molecule has 1 saturated heterocycles. The van der Waals surface area contributed by atoms with Gasteiger partial charge < -0.3 is 5.32 Å². The van der Waals surface area contributed by atoms with Crippen LogP contribution in [0, 0.1) is 5.41 Å². The van der Waals surface area contributed by atoms with E-state index in [9.17, 15) is 4.79 Å². The van der Waals surface area contributed by atoms with E-state index in [1.807, 2.05) is 0 Å². The molecule has 3 aliphatic rings. The Bertz CT molecular complexity index is 370. The molecule has 0 aromatic rings. The summed E-state index contributed by atoms with van der Waals surface area (Å²) >= 11 is 0. The highest BCUT2D eigenvalue weighted by Crippen LogP contribution is 2.44. The van der Waals surface area contributed by atoms with Crippen LogP contribution in [0.25, 0.3) is 0 Å². The molecule has 1 aliphatic heterocycles. The van der Waals surface area contributed by atoms with E-state index in [1.54, 1.807) is 0 Å². The number of carbonyl (C=O) groups excluding carboxylic acids is 1. The summed E-state index contributed by atoms with van der Waals surface area (Å²) in [5.74, 6) is 0.836. The maximum absolute atomic E-state index is 12.0. The Labute approximate surface area is 95.9 Å². The van der Waals surface area contributed by atoms with Gasteiger partial charge in [0, 0.05) is 0 Å². The number of guanidine groups is 1. The van der Waals surface area contributed by atoms with Gasteiger partial charge in [-0.1, -0.05) is 13.8 Å². The Morgan fingerprint density at radius 2 is 2.06 bits per heavy atom. The molecule has 0 radical (unpaired) electrons. The van der Waals surface area contributed by atoms with Gasteiger partial charge in [0.25, 0.3) is 5.91 Å². The first kappa shape index (κ1) is 10.1. The van der Waals surface area contributed by atoms with Crippen LogP contribution in [0.2, 0.25) is 0 Å². The van der Waals surface area contributed by atoms with E-state index in [2.05, 4.69) is 29.5 Å². The normalized spacial score (nSPS) is 39.1. The summed E-state index contributed by atoms with van der Waals surface area (Å²) in [6.45, 7) is 4.46. The zero-order valence-electron chi connectivity index (χ0n) is 9.97. The number of aliphatic imine (C=N–C) groups is 1. The van der Waals surface area contributed by atoms with Crippen LogP contribution >= 0.6 is 0 Å². The van der Waals surface area contributed by atoms with Gasteiger partial charge in [-0.25, -0.2) is 4.99 Å². The molecule has 4 nitrogen and oxygen atoms in total. The van der Waals surface area contributed by atoms with Crippen LogP contribution in [-0.4, -0.2) is 23.4 Å². The number of nitrogens with zero attached hydrogens (tertiary/aromatic N) is 1. The molecular weight excluding hydrogens is 202 g/mol. The second-order valence-electron chi connectivity index (χ2n) is 6.21. The molecule has 1 heterocycles. The molecule has 4 heteroatoms. The molecule has 2 N–H and O–H groups in total. The molecule has 1 amide bonds. The fourth-order valence-corrected chi connectivity index (χ4v) is 2.84. The first-order valence-corrected chi connectivity index (χ1v) is 6.17. The van der Waals surface area contributed by atoms with Crippen molar-refractivity contribution in [2.24, 2.45) is 10.4 Å². The summed E-state index contributed by atoms with van der Waals surface area (Å²) in [5, 5.41) is 6.23. The molecule has 88 valence electrons. The molecule has 3 rings (SSSR count). The minimum atomic E-state index is -0.364. The van der Waals surface area contributed by atoms with Crippen molar-refractivity contribution in [2.75, 3.05) is 0 Å². The van der Waals surface area contributed by atoms with Crippen molar-refractivity contribution in [2.45, 2.75) is 57.5 Å². The number of rotatable bonds is 1. The van der Waals surface area contributed by atoms with Crippen molar-refractivity contribution in [3.63, 3.8) is 0 Å². The number of nitrogens with one attached hydrogen (secondary N) is 2. The summed E-state index contributed by atoms with van der Waals surface area (Å²) in [6, 6.07) is 0.451. The minimum Gasteiger partial charge on any atom is -0.342 e. The molecule has 16 heavy (non-hydrogen) atoms. The number of carbonyl (C=O) groups is 1. The van der Waals surface area contributed by atoms with Gasteiger partial charge in [0.15, 0.2) is 5.96 Å². The Morgan fingerprint density at radius 1 is 1.31 bits per heavy atom. The van der Waals surface area contributed by atoms with Crippen molar-refractivity contribution in [3.8, 4) is 0 Å². The van der Waals surface area contributed by atoms with Crippen LogP contribution in [-0.2, 0) is 4.79 Å². The molecule has 2 saturated carbocycles. The van der Waals surface area contributed by atoms with Gasteiger partial charge in [0.1, 0.15) is 5.54 Å². The molecular formula is C12H19N3O. The number of hydrogen-bond donors (Lipinski definition) is 2. The molecule has 2 aliphatic carbocycles. The summed E-state index contributed by atoms with van der Waals surface area (Å²) in [4.78, 5) is 16.5. The lowest BCUT2D eigenvalue weighted by Gasteiger charge is -2.23. The zero-order valence-corrected chi connectivity index (χ0v) is 9.97. The summed E-state index contributed by atoms with van der Waals surface area (Å²) in [5.41, 5.74) is -0.101. The summed E-state index contributed by atoms with van der Waals surface area (Å²) in [7, 11) is 0. The zero-order chi connectivity index (χ0) is 11.4. The molecule has 1 unspecified atom stereocenters. The fraction of sp³-hybridized carbons (Fsp3) is 0.833.